The van der Waals surface area contributed by atoms with Crippen LogP contribution < -0.4 is 5.32 Å². The molecule has 1 aromatic heterocycles. The lowest BCUT2D eigenvalue weighted by atomic mass is 9.40. The molecule has 0 bridgehead atoms. The number of anilines is 1. The first-order valence-corrected chi connectivity index (χ1v) is 14.4. The first-order valence-electron chi connectivity index (χ1n) is 14.4. The van der Waals surface area contributed by atoms with Gasteiger partial charge in [0.15, 0.2) is 5.78 Å². The molecule has 1 saturated heterocycles. The van der Waals surface area contributed by atoms with E-state index in [9.17, 15) is 19.2 Å². The molecule has 3 aliphatic carbocycles. The molecule has 2 heterocycles. The van der Waals surface area contributed by atoms with Crippen LogP contribution in [0, 0.1) is 28.1 Å². The van der Waals surface area contributed by atoms with E-state index in [4.69, 9.17) is 13.9 Å². The molecule has 1 amide bonds. The molecular weight excluding hydrogens is 522 g/mol. The molecule has 216 valence electrons. The number of benzene rings is 1. The Morgan fingerprint density at radius 2 is 1.80 bits per heavy atom. The number of hydrogen-bond donors (Lipinski definition) is 1. The van der Waals surface area contributed by atoms with Crippen LogP contribution >= 0.6 is 0 Å². The largest absolute Gasteiger partial charge is 0.472 e. The number of carbonyl (C=O) groups is 4. The summed E-state index contributed by atoms with van der Waals surface area (Å²) in [6.07, 6.45) is 3.11. The number of Topliss-reactive ketones (excluding diaryl/α,β-unsaturated/α-hetero) is 2. The Balaban J connectivity index is 1.49. The zero-order valence-electron chi connectivity index (χ0n) is 24.2. The average molecular weight is 560 g/mol. The highest BCUT2D eigenvalue weighted by atomic mass is 16.5. The third-order valence-electron chi connectivity index (χ3n) is 10.9. The van der Waals surface area contributed by atoms with Gasteiger partial charge in [-0.1, -0.05) is 37.6 Å². The minimum absolute atomic E-state index is 0.0508. The minimum Gasteiger partial charge on any atom is -0.472 e. The number of ether oxygens (including phenoxy) is 2. The molecule has 1 aromatic carbocycles. The van der Waals surface area contributed by atoms with Crippen molar-refractivity contribution in [1.82, 2.24) is 0 Å². The predicted molar refractivity (Wildman–Crippen MR) is 150 cm³/mol. The zero-order valence-corrected chi connectivity index (χ0v) is 24.2. The third kappa shape index (κ3) is 3.75. The number of furan rings is 1. The molecule has 3 fully saturated rings. The molecule has 0 spiro atoms. The second-order valence-corrected chi connectivity index (χ2v) is 12.8. The smallest absolute Gasteiger partial charge is 0.305 e. The number of rotatable bonds is 5. The van der Waals surface area contributed by atoms with Crippen molar-refractivity contribution in [2.45, 2.75) is 71.5 Å². The fraction of sp³-hybridized carbons (Fsp3) is 0.515. The average Bonchev–Trinajstić information content (AvgIpc) is 3.66. The molecular formula is C33H37NO7. The van der Waals surface area contributed by atoms with Crippen molar-refractivity contribution >= 4 is 29.1 Å². The molecule has 8 nitrogen and oxygen atoms in total. The van der Waals surface area contributed by atoms with E-state index in [0.29, 0.717) is 12.1 Å². The van der Waals surface area contributed by atoms with Gasteiger partial charge in [-0.25, -0.2) is 0 Å². The molecule has 0 unspecified atom stereocenters. The number of fused-ring (bicyclic) bond motifs is 4. The number of allylic oxidation sites excluding steroid dienone is 1. The van der Waals surface area contributed by atoms with Crippen molar-refractivity contribution < 1.29 is 33.1 Å². The molecule has 1 aliphatic heterocycles. The van der Waals surface area contributed by atoms with Crippen LogP contribution in [0.5, 0.6) is 0 Å². The summed E-state index contributed by atoms with van der Waals surface area (Å²) in [7, 11) is 1.33. The first kappa shape index (κ1) is 27.6. The van der Waals surface area contributed by atoms with E-state index in [1.807, 2.05) is 31.2 Å². The maximum absolute atomic E-state index is 14.7. The Morgan fingerprint density at radius 3 is 2.46 bits per heavy atom. The molecule has 0 radical (unpaired) electrons. The number of hydrogen-bond acceptors (Lipinski definition) is 7. The van der Waals surface area contributed by atoms with Crippen molar-refractivity contribution in [3.05, 3.63) is 65.6 Å². The highest BCUT2D eigenvalue weighted by Crippen LogP contribution is 2.69. The molecule has 41 heavy (non-hydrogen) atoms. The summed E-state index contributed by atoms with van der Waals surface area (Å²) in [6, 6.07) is 11.0. The second kappa shape index (κ2) is 9.51. The number of methoxy groups -OCH3 is 1. The highest BCUT2D eigenvalue weighted by molar-refractivity contribution is 6.06. The summed E-state index contributed by atoms with van der Waals surface area (Å²) in [6.45, 7) is 7.61. The number of ketones is 2. The van der Waals surface area contributed by atoms with Crippen molar-refractivity contribution in [2.75, 3.05) is 12.4 Å². The van der Waals surface area contributed by atoms with Crippen molar-refractivity contribution in [2.24, 2.45) is 28.1 Å². The van der Waals surface area contributed by atoms with Gasteiger partial charge in [-0.2, -0.15) is 0 Å². The summed E-state index contributed by atoms with van der Waals surface area (Å²) >= 11 is 0. The van der Waals surface area contributed by atoms with Gasteiger partial charge in [0, 0.05) is 34.8 Å². The minimum atomic E-state index is -1.28. The van der Waals surface area contributed by atoms with Gasteiger partial charge in [-0.15, -0.1) is 0 Å². The normalized spacial score (nSPS) is 37.8. The maximum Gasteiger partial charge on any atom is 0.305 e. The molecule has 8 atom stereocenters. The van der Waals surface area contributed by atoms with Gasteiger partial charge in [-0.05, 0) is 61.9 Å². The lowest BCUT2D eigenvalue weighted by Crippen LogP contribution is -2.69. The lowest BCUT2D eigenvalue weighted by molar-refractivity contribution is -0.190. The summed E-state index contributed by atoms with van der Waals surface area (Å²) in [4.78, 5) is 55.8. The molecule has 4 aliphatic rings. The topological polar surface area (TPSA) is 112 Å². The Kier molecular flexibility index (Phi) is 6.41. The fourth-order valence-corrected chi connectivity index (χ4v) is 8.99. The molecule has 1 N–H and O–H groups in total. The first-order chi connectivity index (χ1) is 19.5. The van der Waals surface area contributed by atoms with Crippen LogP contribution in [0.4, 0.5) is 5.69 Å². The number of para-hydroxylation sites is 1. The standard InChI is InChI=1S/C33H37NO7/c1-18-21(19-12-14-40-17-19)15-22-26(18)33(4)23(16-25(36)39-5)32(3)24(35)11-13-31(2,28(32)27(37)29(33)41-22)30(38)34-20-9-7-6-8-10-20/h6-10,12,14,17,21-23,28-29H,11,13,15-16H2,1-5H3,(H,34,38)/t21-,22-,23-,28+,29-,31-,32+,33-/m1/s1. The molecule has 8 heteroatoms. The zero-order chi connectivity index (χ0) is 29.3. The van der Waals surface area contributed by atoms with E-state index in [0.717, 1.165) is 16.7 Å². The molecule has 2 saturated carbocycles. The Morgan fingerprint density at radius 1 is 1.07 bits per heavy atom. The highest BCUT2D eigenvalue weighted by Gasteiger charge is 2.75. The fourth-order valence-electron chi connectivity index (χ4n) is 8.99. The van der Waals surface area contributed by atoms with Crippen LogP contribution in [0.15, 0.2) is 64.5 Å². The molecule has 2 aromatic rings. The van der Waals surface area contributed by atoms with Crippen molar-refractivity contribution in [3.8, 4) is 0 Å². The van der Waals surface area contributed by atoms with Crippen LogP contribution in [0.1, 0.15) is 64.9 Å². The van der Waals surface area contributed by atoms with E-state index >= 15 is 0 Å². The Bertz CT molecular complexity index is 1450. The second-order valence-electron chi connectivity index (χ2n) is 12.8. The van der Waals surface area contributed by atoms with Crippen LogP contribution in [-0.2, 0) is 28.7 Å². The van der Waals surface area contributed by atoms with Gasteiger partial charge >= 0.3 is 5.97 Å². The predicted octanol–water partition coefficient (Wildman–Crippen LogP) is 5.25. The van der Waals surface area contributed by atoms with Crippen molar-refractivity contribution in [1.29, 1.82) is 0 Å². The van der Waals surface area contributed by atoms with E-state index in [-0.39, 0.29) is 48.8 Å². The van der Waals surface area contributed by atoms with Crippen LogP contribution in [0.3, 0.4) is 0 Å². The van der Waals surface area contributed by atoms with Crippen LogP contribution in [0.2, 0.25) is 0 Å². The van der Waals surface area contributed by atoms with Crippen molar-refractivity contribution in [3.63, 3.8) is 0 Å². The van der Waals surface area contributed by atoms with Gasteiger partial charge in [0.1, 0.15) is 11.9 Å². The summed E-state index contributed by atoms with van der Waals surface area (Å²) in [5.74, 6) is -2.61. The van der Waals surface area contributed by atoms with Gasteiger partial charge in [0.2, 0.25) is 5.91 Å². The number of nitrogens with one attached hydrogen (secondary N) is 1. The third-order valence-corrected chi connectivity index (χ3v) is 10.9. The van der Waals surface area contributed by atoms with E-state index < -0.39 is 40.2 Å². The molecule has 6 rings (SSSR count). The van der Waals surface area contributed by atoms with Gasteiger partial charge in [0.25, 0.3) is 0 Å². The van der Waals surface area contributed by atoms with E-state index in [1.165, 1.54) is 7.11 Å². The van der Waals surface area contributed by atoms with Gasteiger partial charge in [0.05, 0.1) is 37.6 Å². The summed E-state index contributed by atoms with van der Waals surface area (Å²) in [5, 5.41) is 2.99. The number of amides is 1. The van der Waals surface area contributed by atoms with Crippen LogP contribution in [-0.4, -0.2) is 42.8 Å². The Labute approximate surface area is 239 Å². The Hall–Kier alpha value is -3.52. The summed E-state index contributed by atoms with van der Waals surface area (Å²) < 4.78 is 17.1. The van der Waals surface area contributed by atoms with Crippen LogP contribution in [0.25, 0.3) is 0 Å². The maximum atomic E-state index is 14.7. The SMILES string of the molecule is COC(=O)C[C@H]1[C@]2(C)C3=C(C)[C@H](c4ccoc4)C[C@H]3O[C@@H]2C(=O)[C@@H]2[C@]1(C)C(=O)CC[C@@]2(C)C(=O)Nc1ccccc1. The number of esters is 1. The number of carbonyl (C=O) groups excluding carboxylic acids is 4. The lowest BCUT2D eigenvalue weighted by Gasteiger charge is -2.60. The monoisotopic (exact) mass is 559 g/mol. The summed E-state index contributed by atoms with van der Waals surface area (Å²) in [5.41, 5.74) is 0.333. The van der Waals surface area contributed by atoms with E-state index in [2.05, 4.69) is 12.2 Å². The van der Waals surface area contributed by atoms with Gasteiger partial charge in [-0.3, -0.25) is 19.2 Å². The van der Waals surface area contributed by atoms with Gasteiger partial charge < -0.3 is 19.2 Å². The quantitative estimate of drug-likeness (QED) is 0.393. The van der Waals surface area contributed by atoms with E-state index in [1.54, 1.807) is 38.5 Å².